The number of nitriles is 1. The van der Waals surface area contributed by atoms with Crippen LogP contribution < -0.4 is 5.32 Å². The standard InChI is InChI=1S/C21H15ClN6OS/c1-13(20(29)27-15-8-7-14(10-23)18(22)9-15)30-21-17-11-26-28(19(17)24-12-25-21)16-5-3-2-4-6-16/h2-9,11-13H,1H3,(H,27,29). The molecule has 0 spiro atoms. The quantitative estimate of drug-likeness (QED) is 0.368. The molecule has 0 bridgehead atoms. The lowest BCUT2D eigenvalue weighted by molar-refractivity contribution is -0.115. The molecule has 9 heteroatoms. The summed E-state index contributed by atoms with van der Waals surface area (Å²) in [6.07, 6.45) is 3.17. The fourth-order valence-corrected chi connectivity index (χ4v) is 3.93. The largest absolute Gasteiger partial charge is 0.325 e. The van der Waals surface area contributed by atoms with Gasteiger partial charge in [-0.15, -0.1) is 0 Å². The van der Waals surface area contributed by atoms with E-state index in [1.807, 2.05) is 36.4 Å². The van der Waals surface area contributed by atoms with Crippen LogP contribution in [-0.2, 0) is 4.79 Å². The van der Waals surface area contributed by atoms with Crippen molar-refractivity contribution >= 4 is 46.0 Å². The summed E-state index contributed by atoms with van der Waals surface area (Å²) >= 11 is 7.35. The molecule has 0 saturated carbocycles. The molecule has 0 aliphatic heterocycles. The van der Waals surface area contributed by atoms with Crippen molar-refractivity contribution in [3.05, 3.63) is 71.6 Å². The number of para-hydroxylation sites is 1. The average Bonchev–Trinajstić information content (AvgIpc) is 3.19. The van der Waals surface area contributed by atoms with Gasteiger partial charge in [0, 0.05) is 5.69 Å². The summed E-state index contributed by atoms with van der Waals surface area (Å²) in [4.78, 5) is 21.3. The van der Waals surface area contributed by atoms with Gasteiger partial charge in [0.25, 0.3) is 0 Å². The Kier molecular flexibility index (Phi) is 5.65. The predicted molar refractivity (Wildman–Crippen MR) is 117 cm³/mol. The minimum Gasteiger partial charge on any atom is -0.325 e. The summed E-state index contributed by atoms with van der Waals surface area (Å²) < 4.78 is 1.74. The number of fused-ring (bicyclic) bond motifs is 1. The molecule has 2 aromatic heterocycles. The zero-order valence-electron chi connectivity index (χ0n) is 15.8. The molecule has 2 aromatic carbocycles. The summed E-state index contributed by atoms with van der Waals surface area (Å²) in [5, 5.41) is 17.5. The second-order valence-corrected chi connectivity index (χ2v) is 8.10. The van der Waals surface area contributed by atoms with Crippen LogP contribution in [0.1, 0.15) is 12.5 Å². The van der Waals surface area contributed by atoms with E-state index in [-0.39, 0.29) is 5.91 Å². The van der Waals surface area contributed by atoms with Gasteiger partial charge < -0.3 is 5.32 Å². The van der Waals surface area contributed by atoms with Crippen molar-refractivity contribution in [1.29, 1.82) is 5.26 Å². The van der Waals surface area contributed by atoms with Crippen LogP contribution in [-0.4, -0.2) is 30.9 Å². The molecule has 0 aliphatic rings. The van der Waals surface area contributed by atoms with Crippen LogP contribution in [0.4, 0.5) is 5.69 Å². The molecule has 0 radical (unpaired) electrons. The summed E-state index contributed by atoms with van der Waals surface area (Å²) in [6, 6.07) is 16.5. The van der Waals surface area contributed by atoms with Crippen LogP contribution in [0.3, 0.4) is 0 Å². The Morgan fingerprint density at radius 2 is 2.03 bits per heavy atom. The highest BCUT2D eigenvalue weighted by Gasteiger charge is 2.19. The van der Waals surface area contributed by atoms with E-state index in [2.05, 4.69) is 20.4 Å². The number of hydrogen-bond donors (Lipinski definition) is 1. The van der Waals surface area contributed by atoms with Crippen LogP contribution in [0.2, 0.25) is 5.02 Å². The third kappa shape index (κ3) is 3.99. The normalized spacial score (nSPS) is 11.8. The van der Waals surface area contributed by atoms with Gasteiger partial charge in [0.15, 0.2) is 5.65 Å². The molecule has 1 N–H and O–H groups in total. The Hall–Kier alpha value is -3.41. The number of thioether (sulfide) groups is 1. The molecule has 0 aliphatic carbocycles. The molecule has 1 atom stereocenters. The van der Waals surface area contributed by atoms with E-state index in [9.17, 15) is 4.79 Å². The zero-order chi connectivity index (χ0) is 21.1. The highest BCUT2D eigenvalue weighted by Crippen LogP contribution is 2.29. The number of nitrogens with one attached hydrogen (secondary N) is 1. The van der Waals surface area contributed by atoms with Crippen LogP contribution >= 0.6 is 23.4 Å². The molecule has 4 aromatic rings. The van der Waals surface area contributed by atoms with E-state index in [4.69, 9.17) is 16.9 Å². The first-order chi connectivity index (χ1) is 14.6. The maximum Gasteiger partial charge on any atom is 0.237 e. The van der Waals surface area contributed by atoms with Gasteiger partial charge >= 0.3 is 0 Å². The first-order valence-corrected chi connectivity index (χ1v) is 10.2. The molecule has 4 rings (SSSR count). The van der Waals surface area contributed by atoms with Crippen molar-refractivity contribution in [3.63, 3.8) is 0 Å². The Labute approximate surface area is 181 Å². The van der Waals surface area contributed by atoms with E-state index in [0.717, 1.165) is 11.1 Å². The third-order valence-electron chi connectivity index (χ3n) is 4.34. The number of amides is 1. The molecular formula is C21H15ClN6OS. The molecule has 0 saturated heterocycles. The Bertz CT molecular complexity index is 1270. The summed E-state index contributed by atoms with van der Waals surface area (Å²) in [6.45, 7) is 1.79. The predicted octanol–water partition coefficient (Wildman–Crippen LogP) is 4.46. The fourth-order valence-electron chi connectivity index (χ4n) is 2.82. The number of halogens is 1. The number of nitrogens with zero attached hydrogens (tertiary/aromatic N) is 5. The fraction of sp³-hybridized carbons (Fsp3) is 0.0952. The molecule has 30 heavy (non-hydrogen) atoms. The van der Waals surface area contributed by atoms with E-state index in [1.165, 1.54) is 18.1 Å². The lowest BCUT2D eigenvalue weighted by Crippen LogP contribution is -2.22. The van der Waals surface area contributed by atoms with Crippen LogP contribution in [0.15, 0.2) is 66.1 Å². The van der Waals surface area contributed by atoms with Crippen molar-refractivity contribution in [2.75, 3.05) is 5.32 Å². The molecule has 148 valence electrons. The highest BCUT2D eigenvalue weighted by atomic mass is 35.5. The van der Waals surface area contributed by atoms with Crippen molar-refractivity contribution in [2.45, 2.75) is 17.2 Å². The van der Waals surface area contributed by atoms with Gasteiger partial charge in [0.05, 0.1) is 33.1 Å². The monoisotopic (exact) mass is 434 g/mol. The van der Waals surface area contributed by atoms with Gasteiger partial charge in [-0.25, -0.2) is 14.6 Å². The van der Waals surface area contributed by atoms with Crippen LogP contribution in [0, 0.1) is 11.3 Å². The van der Waals surface area contributed by atoms with E-state index in [1.54, 1.807) is 36.0 Å². The Morgan fingerprint density at radius 1 is 1.23 bits per heavy atom. The van der Waals surface area contributed by atoms with Crippen LogP contribution in [0.5, 0.6) is 0 Å². The molecule has 1 unspecified atom stereocenters. The second-order valence-electron chi connectivity index (χ2n) is 6.36. The number of aromatic nitrogens is 4. The molecule has 7 nitrogen and oxygen atoms in total. The van der Waals surface area contributed by atoms with Crippen molar-refractivity contribution in [3.8, 4) is 11.8 Å². The lowest BCUT2D eigenvalue weighted by Gasteiger charge is -2.12. The minimum atomic E-state index is -0.433. The second kappa shape index (κ2) is 8.53. The molecule has 1 amide bonds. The smallest absolute Gasteiger partial charge is 0.237 e. The van der Waals surface area contributed by atoms with E-state index >= 15 is 0 Å². The van der Waals surface area contributed by atoms with Gasteiger partial charge in [-0.2, -0.15) is 10.4 Å². The number of carbonyl (C=O) groups is 1. The number of hydrogen-bond acceptors (Lipinski definition) is 6. The number of rotatable bonds is 5. The highest BCUT2D eigenvalue weighted by molar-refractivity contribution is 8.00. The number of carbonyl (C=O) groups excluding carboxylic acids is 1. The molecule has 2 heterocycles. The van der Waals surface area contributed by atoms with Gasteiger partial charge in [0.1, 0.15) is 17.4 Å². The van der Waals surface area contributed by atoms with E-state index in [0.29, 0.717) is 26.9 Å². The number of anilines is 1. The van der Waals surface area contributed by atoms with Crippen molar-refractivity contribution in [2.24, 2.45) is 0 Å². The maximum atomic E-state index is 12.6. The summed E-state index contributed by atoms with van der Waals surface area (Å²) in [5.41, 5.74) is 2.45. The molecule has 0 fully saturated rings. The first kappa shape index (κ1) is 19.9. The first-order valence-electron chi connectivity index (χ1n) is 8.98. The maximum absolute atomic E-state index is 12.6. The summed E-state index contributed by atoms with van der Waals surface area (Å²) in [7, 11) is 0. The Morgan fingerprint density at radius 3 is 2.77 bits per heavy atom. The van der Waals surface area contributed by atoms with Gasteiger partial charge in [-0.05, 0) is 37.3 Å². The van der Waals surface area contributed by atoms with Crippen LogP contribution in [0.25, 0.3) is 16.7 Å². The minimum absolute atomic E-state index is 0.206. The van der Waals surface area contributed by atoms with Gasteiger partial charge in [0.2, 0.25) is 5.91 Å². The van der Waals surface area contributed by atoms with E-state index < -0.39 is 5.25 Å². The number of benzene rings is 2. The third-order valence-corrected chi connectivity index (χ3v) is 5.77. The SMILES string of the molecule is CC(Sc1ncnc2c1cnn2-c1ccccc1)C(=O)Nc1ccc(C#N)c(Cl)c1. The lowest BCUT2D eigenvalue weighted by atomic mass is 10.2. The average molecular weight is 435 g/mol. The topological polar surface area (TPSA) is 96.5 Å². The summed E-state index contributed by atoms with van der Waals surface area (Å²) in [5.74, 6) is -0.206. The van der Waals surface area contributed by atoms with Gasteiger partial charge in [-0.3, -0.25) is 4.79 Å². The van der Waals surface area contributed by atoms with Gasteiger partial charge in [-0.1, -0.05) is 41.6 Å². The van der Waals surface area contributed by atoms with Crippen molar-refractivity contribution in [1.82, 2.24) is 19.7 Å². The molecular weight excluding hydrogens is 420 g/mol. The Balaban J connectivity index is 1.54. The van der Waals surface area contributed by atoms with Crippen molar-refractivity contribution < 1.29 is 4.79 Å². The zero-order valence-corrected chi connectivity index (χ0v) is 17.4.